The monoisotopic (exact) mass is 512 g/mol. The summed E-state index contributed by atoms with van der Waals surface area (Å²) < 4.78 is 21.9. The van der Waals surface area contributed by atoms with Crippen molar-refractivity contribution < 1.29 is 14.2 Å². The smallest absolute Gasteiger partial charge is 0.265 e. The minimum Gasteiger partial charge on any atom is -0.364 e. The van der Waals surface area contributed by atoms with E-state index in [0.717, 1.165) is 11.3 Å². The number of epoxide rings is 1. The predicted molar refractivity (Wildman–Crippen MR) is 138 cm³/mol. The van der Waals surface area contributed by atoms with Gasteiger partial charge in [0, 0.05) is 24.6 Å². The van der Waals surface area contributed by atoms with Crippen LogP contribution in [-0.2, 0) is 17.7 Å². The lowest BCUT2D eigenvalue weighted by Gasteiger charge is -2.14. The van der Waals surface area contributed by atoms with Crippen LogP contribution in [0.1, 0.15) is 30.8 Å². The molecule has 1 unspecified atom stereocenters. The minimum absolute atomic E-state index is 0.230. The quantitative estimate of drug-likeness (QED) is 0.237. The maximum absolute atomic E-state index is 13.6. The van der Waals surface area contributed by atoms with Gasteiger partial charge in [0.05, 0.1) is 35.0 Å². The highest BCUT2D eigenvalue weighted by Gasteiger charge is 2.41. The predicted octanol–water partition coefficient (Wildman–Crippen LogP) is 3.66. The highest BCUT2D eigenvalue weighted by Crippen LogP contribution is 2.29. The average Bonchev–Trinajstić information content (AvgIpc) is 3.48. The molecule has 1 aliphatic rings. The second-order valence-corrected chi connectivity index (χ2v) is 9.44. The number of benzene rings is 2. The van der Waals surface area contributed by atoms with E-state index in [1.807, 2.05) is 36.5 Å². The van der Waals surface area contributed by atoms with Crippen molar-refractivity contribution >= 4 is 10.9 Å². The van der Waals surface area contributed by atoms with E-state index in [-0.39, 0.29) is 11.4 Å². The van der Waals surface area contributed by atoms with Gasteiger partial charge in [0.2, 0.25) is 0 Å². The summed E-state index contributed by atoms with van der Waals surface area (Å²) in [6, 6.07) is 16.9. The molecule has 1 fully saturated rings. The molecule has 0 amide bonds. The largest absolute Gasteiger partial charge is 0.364 e. The number of hydrogen-bond donors (Lipinski definition) is 1. The van der Waals surface area contributed by atoms with E-state index in [9.17, 15) is 14.3 Å². The molecule has 192 valence electrons. The van der Waals surface area contributed by atoms with Crippen LogP contribution in [0.3, 0.4) is 0 Å². The van der Waals surface area contributed by atoms with Gasteiger partial charge in [-0.2, -0.15) is 0 Å². The molecule has 0 radical (unpaired) electrons. The number of aryl methyl sites for hydroxylation is 1. The fraction of sp³-hybridized carbons (Fsp3) is 0.250. The van der Waals surface area contributed by atoms with Gasteiger partial charge in [0.15, 0.2) is 5.79 Å². The first-order valence-corrected chi connectivity index (χ1v) is 12.5. The first-order valence-electron chi connectivity index (χ1n) is 12.5. The zero-order valence-electron chi connectivity index (χ0n) is 20.5. The second-order valence-electron chi connectivity index (χ2n) is 9.44. The van der Waals surface area contributed by atoms with Crippen LogP contribution in [-0.4, -0.2) is 47.0 Å². The SMILES string of the molecule is O=c1c2ccc(-c3cn(Cc4ccccn4)nn3)cc2nc(CCCCC2(O)CO2)n1-c1ccc(F)cc1. The summed E-state index contributed by atoms with van der Waals surface area (Å²) in [7, 11) is 0. The van der Waals surface area contributed by atoms with Crippen LogP contribution < -0.4 is 5.56 Å². The van der Waals surface area contributed by atoms with Gasteiger partial charge in [-0.15, -0.1) is 5.10 Å². The summed E-state index contributed by atoms with van der Waals surface area (Å²) in [5, 5.41) is 18.9. The van der Waals surface area contributed by atoms with Crippen LogP contribution in [0.5, 0.6) is 0 Å². The Morgan fingerprint density at radius 3 is 2.68 bits per heavy atom. The topological polar surface area (TPSA) is 111 Å². The van der Waals surface area contributed by atoms with Gasteiger partial charge in [0.1, 0.15) is 23.9 Å². The number of nitrogens with zero attached hydrogens (tertiary/aromatic N) is 6. The van der Waals surface area contributed by atoms with Crippen LogP contribution >= 0.6 is 0 Å². The van der Waals surface area contributed by atoms with E-state index < -0.39 is 5.79 Å². The van der Waals surface area contributed by atoms with Crippen molar-refractivity contribution in [1.29, 1.82) is 0 Å². The van der Waals surface area contributed by atoms with Crippen molar-refractivity contribution in [3.63, 3.8) is 0 Å². The van der Waals surface area contributed by atoms with Gasteiger partial charge < -0.3 is 9.84 Å². The van der Waals surface area contributed by atoms with Crippen LogP contribution in [0.15, 0.2) is 77.9 Å². The summed E-state index contributed by atoms with van der Waals surface area (Å²) in [5.74, 6) is -0.819. The number of hydrogen-bond acceptors (Lipinski definition) is 7. The summed E-state index contributed by atoms with van der Waals surface area (Å²) in [6.45, 7) is 0.850. The molecule has 4 heterocycles. The van der Waals surface area contributed by atoms with Gasteiger partial charge >= 0.3 is 0 Å². The Balaban J connectivity index is 1.33. The number of rotatable bonds is 9. The molecule has 1 aliphatic heterocycles. The fourth-order valence-corrected chi connectivity index (χ4v) is 4.49. The molecule has 1 atom stereocenters. The van der Waals surface area contributed by atoms with Crippen LogP contribution in [0, 0.1) is 5.82 Å². The van der Waals surface area contributed by atoms with Gasteiger partial charge in [0.25, 0.3) is 5.56 Å². The summed E-state index contributed by atoms with van der Waals surface area (Å²) >= 11 is 0. The van der Waals surface area contributed by atoms with Crippen molar-refractivity contribution in [3.8, 4) is 16.9 Å². The van der Waals surface area contributed by atoms with Gasteiger partial charge in [-0.1, -0.05) is 17.3 Å². The Labute approximate surface area is 217 Å². The maximum atomic E-state index is 13.6. The third kappa shape index (κ3) is 5.09. The molecule has 0 bridgehead atoms. The van der Waals surface area contributed by atoms with Crippen molar-refractivity contribution in [1.82, 2.24) is 29.5 Å². The number of aromatic nitrogens is 6. The first kappa shape index (κ1) is 24.1. The molecule has 5 aromatic rings. The molecule has 1 N–H and O–H groups in total. The van der Waals surface area contributed by atoms with Crippen molar-refractivity contribution in [3.05, 3.63) is 101 Å². The Morgan fingerprint density at radius 1 is 1.08 bits per heavy atom. The Bertz CT molecular complexity index is 1650. The third-order valence-electron chi connectivity index (χ3n) is 6.60. The zero-order chi connectivity index (χ0) is 26.1. The number of ether oxygens (including phenoxy) is 1. The van der Waals surface area contributed by atoms with E-state index in [0.29, 0.717) is 66.9 Å². The zero-order valence-corrected chi connectivity index (χ0v) is 20.5. The number of aliphatic hydroxyl groups is 1. The molecule has 10 heteroatoms. The first-order chi connectivity index (χ1) is 18.5. The van der Waals surface area contributed by atoms with Crippen molar-refractivity contribution in [2.24, 2.45) is 0 Å². The normalized spacial score (nSPS) is 16.7. The van der Waals surface area contributed by atoms with E-state index >= 15 is 0 Å². The lowest BCUT2D eigenvalue weighted by Crippen LogP contribution is -2.24. The molecule has 6 rings (SSSR count). The summed E-state index contributed by atoms with van der Waals surface area (Å²) in [4.78, 5) is 22.8. The molecule has 3 aromatic heterocycles. The highest BCUT2D eigenvalue weighted by molar-refractivity contribution is 5.83. The van der Waals surface area contributed by atoms with E-state index in [1.165, 1.54) is 16.7 Å². The molecular weight excluding hydrogens is 487 g/mol. The highest BCUT2D eigenvalue weighted by atomic mass is 19.1. The van der Waals surface area contributed by atoms with E-state index in [4.69, 9.17) is 9.72 Å². The maximum Gasteiger partial charge on any atom is 0.265 e. The standard InChI is InChI=1S/C28H25FN6O3/c29-20-8-10-22(11-9-20)35-26(6-1-3-13-28(37)18-38-28)31-24-15-19(7-12-23(24)27(35)36)25-17-34(33-32-25)16-21-5-2-4-14-30-21/h2,4-5,7-12,14-15,17,37H,1,3,6,13,16,18H2. The number of halogens is 1. The van der Waals surface area contributed by atoms with Crippen LogP contribution in [0.4, 0.5) is 4.39 Å². The number of fused-ring (bicyclic) bond motifs is 1. The lowest BCUT2D eigenvalue weighted by atomic mass is 10.1. The molecular formula is C28H25FN6O3. The second kappa shape index (κ2) is 9.88. The van der Waals surface area contributed by atoms with Crippen LogP contribution in [0.25, 0.3) is 27.8 Å². The van der Waals surface area contributed by atoms with Crippen LogP contribution in [0.2, 0.25) is 0 Å². The van der Waals surface area contributed by atoms with E-state index in [2.05, 4.69) is 15.3 Å². The molecule has 0 aliphatic carbocycles. The Morgan fingerprint density at radius 2 is 1.92 bits per heavy atom. The van der Waals surface area contributed by atoms with Crippen molar-refractivity contribution in [2.75, 3.05) is 6.61 Å². The number of pyridine rings is 1. The summed E-state index contributed by atoms with van der Waals surface area (Å²) in [5.41, 5.74) is 3.18. The Hall–Kier alpha value is -4.28. The molecule has 9 nitrogen and oxygen atoms in total. The van der Waals surface area contributed by atoms with Gasteiger partial charge in [-0.05, 0) is 61.4 Å². The Kier molecular flexibility index (Phi) is 6.26. The number of unbranched alkanes of at least 4 members (excludes halogenated alkanes) is 1. The molecule has 2 aromatic carbocycles. The molecule has 0 saturated carbocycles. The molecule has 38 heavy (non-hydrogen) atoms. The van der Waals surface area contributed by atoms with Crippen molar-refractivity contribution in [2.45, 2.75) is 38.0 Å². The minimum atomic E-state index is -1.00. The fourth-order valence-electron chi connectivity index (χ4n) is 4.49. The molecule has 0 spiro atoms. The average molecular weight is 513 g/mol. The van der Waals surface area contributed by atoms with Gasteiger partial charge in [-0.3, -0.25) is 14.3 Å². The molecule has 1 saturated heterocycles. The lowest BCUT2D eigenvalue weighted by molar-refractivity contribution is 0.0267. The van der Waals surface area contributed by atoms with E-state index in [1.54, 1.807) is 29.1 Å². The van der Waals surface area contributed by atoms with Gasteiger partial charge in [-0.25, -0.2) is 14.1 Å². The third-order valence-corrected chi connectivity index (χ3v) is 6.60. The summed E-state index contributed by atoms with van der Waals surface area (Å²) in [6.07, 6.45) is 6.02.